The van der Waals surface area contributed by atoms with Gasteiger partial charge in [0.1, 0.15) is 6.61 Å². The number of rotatable bonds is 7. The Balaban J connectivity index is 1.29. The van der Waals surface area contributed by atoms with Crippen LogP contribution < -0.4 is 24.3 Å². The number of fused-ring (bicyclic) bond motifs is 2. The Hall–Kier alpha value is -3.66. The van der Waals surface area contributed by atoms with Crippen molar-refractivity contribution in [2.75, 3.05) is 18.7 Å². The van der Waals surface area contributed by atoms with Crippen molar-refractivity contribution < 1.29 is 23.7 Å². The average Bonchev–Trinajstić information content (AvgIpc) is 3.46. The second kappa shape index (κ2) is 9.07. The highest BCUT2D eigenvalue weighted by Crippen LogP contribution is 2.37. The lowest BCUT2D eigenvalue weighted by Crippen LogP contribution is -2.25. The number of hydrogen-bond donors (Lipinski definition) is 1. The number of carbonyl (C=O) groups excluding carboxylic acids is 1. The van der Waals surface area contributed by atoms with Crippen molar-refractivity contribution in [1.29, 1.82) is 0 Å². The zero-order valence-electron chi connectivity index (χ0n) is 17.9. The maximum Gasteiger partial charge on any atom is 0.237 e. The van der Waals surface area contributed by atoms with Crippen molar-refractivity contribution in [2.45, 2.75) is 30.0 Å². The third-order valence-corrected chi connectivity index (χ3v) is 6.23. The van der Waals surface area contributed by atoms with Crippen LogP contribution in [0.25, 0.3) is 0 Å². The van der Waals surface area contributed by atoms with Gasteiger partial charge in [0.25, 0.3) is 0 Å². The molecule has 9 nitrogen and oxygen atoms in total. The predicted octanol–water partition coefficient (Wildman–Crippen LogP) is 3.82. The highest BCUT2D eigenvalue weighted by atomic mass is 32.2. The van der Waals surface area contributed by atoms with Crippen LogP contribution in [0.15, 0.2) is 60.3 Å². The maximum absolute atomic E-state index is 12.8. The van der Waals surface area contributed by atoms with Crippen molar-refractivity contribution in [3.8, 4) is 23.0 Å². The molecule has 33 heavy (non-hydrogen) atoms. The molecule has 0 bridgehead atoms. The number of anilines is 1. The summed E-state index contributed by atoms with van der Waals surface area (Å²) in [7, 11) is 0. The van der Waals surface area contributed by atoms with Gasteiger partial charge >= 0.3 is 0 Å². The van der Waals surface area contributed by atoms with Gasteiger partial charge in [-0.1, -0.05) is 30.0 Å². The number of carbonyl (C=O) groups is 1. The first-order valence-corrected chi connectivity index (χ1v) is 11.3. The monoisotopic (exact) mass is 466 g/mol. The third kappa shape index (κ3) is 4.34. The minimum atomic E-state index is -0.430. The van der Waals surface area contributed by atoms with Crippen LogP contribution in [0, 0.1) is 0 Å². The molecule has 2 atom stereocenters. The molecule has 0 radical (unpaired) electrons. The Bertz CT molecular complexity index is 1200. The zero-order chi connectivity index (χ0) is 22.8. The Labute approximate surface area is 194 Å². The van der Waals surface area contributed by atoms with Crippen molar-refractivity contribution in [2.24, 2.45) is 0 Å². The van der Waals surface area contributed by atoms with Crippen LogP contribution >= 0.6 is 11.8 Å². The van der Waals surface area contributed by atoms with Gasteiger partial charge in [0.2, 0.25) is 12.7 Å². The van der Waals surface area contributed by atoms with Crippen LogP contribution in [-0.4, -0.2) is 39.3 Å². The summed E-state index contributed by atoms with van der Waals surface area (Å²) in [6.07, 6.45) is 1.34. The summed E-state index contributed by atoms with van der Waals surface area (Å²) < 4.78 is 24.5. The second-order valence-corrected chi connectivity index (χ2v) is 8.73. The number of para-hydroxylation sites is 2. The number of allylic oxidation sites excluding steroid dienone is 1. The fourth-order valence-electron chi connectivity index (χ4n) is 3.50. The van der Waals surface area contributed by atoms with E-state index in [0.717, 1.165) is 0 Å². The summed E-state index contributed by atoms with van der Waals surface area (Å²) in [5, 5.41) is 11.7. The molecule has 0 aliphatic carbocycles. The third-order valence-electron chi connectivity index (χ3n) is 5.15. The molecule has 0 fully saturated rings. The summed E-state index contributed by atoms with van der Waals surface area (Å²) in [5.74, 6) is 3.09. The molecular formula is C23H22N4O5S. The van der Waals surface area contributed by atoms with Gasteiger partial charge in [0, 0.05) is 18.3 Å². The van der Waals surface area contributed by atoms with Gasteiger partial charge in [-0.05, 0) is 31.2 Å². The summed E-state index contributed by atoms with van der Waals surface area (Å²) in [6.45, 7) is 6.63. The topological polar surface area (TPSA) is 96.7 Å². The van der Waals surface area contributed by atoms with Gasteiger partial charge in [-0.15, -0.1) is 16.8 Å². The van der Waals surface area contributed by atoms with E-state index >= 15 is 0 Å². The van der Waals surface area contributed by atoms with Crippen molar-refractivity contribution in [3.05, 3.63) is 60.9 Å². The molecule has 1 amide bonds. The molecule has 0 spiro atoms. The number of thioether (sulfide) groups is 1. The van der Waals surface area contributed by atoms with E-state index in [0.29, 0.717) is 52.8 Å². The van der Waals surface area contributed by atoms with E-state index < -0.39 is 11.4 Å². The van der Waals surface area contributed by atoms with Gasteiger partial charge in [0.05, 0.1) is 5.25 Å². The quantitative estimate of drug-likeness (QED) is 0.415. The lowest BCUT2D eigenvalue weighted by atomic mass is 10.2. The SMILES string of the molecule is C=CCn1c(S[C@H](C)C(=O)Nc2ccc3c(c2)OCO3)nnc1[C@@H]1COc2ccccc2O1. The summed E-state index contributed by atoms with van der Waals surface area (Å²) >= 11 is 1.31. The average molecular weight is 467 g/mol. The normalized spacial score (nSPS) is 16.8. The number of ether oxygens (including phenoxy) is 4. The largest absolute Gasteiger partial charge is 0.485 e. The van der Waals surface area contributed by atoms with E-state index in [9.17, 15) is 4.79 Å². The van der Waals surface area contributed by atoms with E-state index in [4.69, 9.17) is 18.9 Å². The Morgan fingerprint density at radius 3 is 2.82 bits per heavy atom. The minimum Gasteiger partial charge on any atom is -0.485 e. The first-order valence-electron chi connectivity index (χ1n) is 10.4. The number of nitrogens with one attached hydrogen (secondary N) is 1. The van der Waals surface area contributed by atoms with Gasteiger partial charge in [-0.25, -0.2) is 0 Å². The van der Waals surface area contributed by atoms with Gasteiger partial charge in [-0.3, -0.25) is 9.36 Å². The first-order chi connectivity index (χ1) is 16.1. The van der Waals surface area contributed by atoms with Crippen LogP contribution in [-0.2, 0) is 11.3 Å². The van der Waals surface area contributed by atoms with Crippen molar-refractivity contribution >= 4 is 23.4 Å². The molecule has 170 valence electrons. The molecule has 5 rings (SSSR count). The molecule has 0 saturated heterocycles. The Morgan fingerprint density at radius 1 is 1.18 bits per heavy atom. The van der Waals surface area contributed by atoms with E-state index in [1.165, 1.54) is 11.8 Å². The van der Waals surface area contributed by atoms with E-state index in [-0.39, 0.29) is 12.7 Å². The van der Waals surface area contributed by atoms with E-state index in [1.54, 1.807) is 24.3 Å². The molecule has 2 aliphatic rings. The Kier molecular flexibility index (Phi) is 5.82. The molecule has 3 heterocycles. The number of aromatic nitrogens is 3. The molecule has 0 unspecified atom stereocenters. The molecule has 10 heteroatoms. The summed E-state index contributed by atoms with van der Waals surface area (Å²) in [6, 6.07) is 12.8. The zero-order valence-corrected chi connectivity index (χ0v) is 18.7. The van der Waals surface area contributed by atoms with Gasteiger partial charge in [-0.2, -0.15) is 0 Å². The fraction of sp³-hybridized carbons (Fsp3) is 0.261. The van der Waals surface area contributed by atoms with Crippen LogP contribution in [0.1, 0.15) is 18.9 Å². The summed E-state index contributed by atoms with van der Waals surface area (Å²) in [4.78, 5) is 12.8. The number of hydrogen-bond acceptors (Lipinski definition) is 8. The van der Waals surface area contributed by atoms with Gasteiger partial charge < -0.3 is 24.3 Å². The van der Waals surface area contributed by atoms with Crippen LogP contribution in [0.4, 0.5) is 5.69 Å². The molecular weight excluding hydrogens is 444 g/mol. The Morgan fingerprint density at radius 2 is 1.97 bits per heavy atom. The molecule has 2 aromatic carbocycles. The highest BCUT2D eigenvalue weighted by Gasteiger charge is 2.29. The molecule has 0 saturated carbocycles. The van der Waals surface area contributed by atoms with E-state index in [1.807, 2.05) is 35.8 Å². The van der Waals surface area contributed by atoms with Crippen LogP contribution in [0.3, 0.4) is 0 Å². The standard InChI is InChI=1S/C23H22N4O5S/c1-3-10-27-21(20-12-29-16-6-4-5-7-18(16)32-20)25-26-23(27)33-14(2)22(28)24-15-8-9-17-19(11-15)31-13-30-17/h3-9,11,14,20H,1,10,12-13H2,2H3,(H,24,28)/t14-,20+/m1/s1. The minimum absolute atomic E-state index is 0.167. The molecule has 1 N–H and O–H groups in total. The molecule has 2 aliphatic heterocycles. The van der Waals surface area contributed by atoms with Gasteiger partial charge in [0.15, 0.2) is 40.1 Å². The molecule has 1 aromatic heterocycles. The molecule has 3 aromatic rings. The maximum atomic E-state index is 12.8. The van der Waals surface area contributed by atoms with Crippen molar-refractivity contribution in [3.63, 3.8) is 0 Å². The van der Waals surface area contributed by atoms with Crippen molar-refractivity contribution in [1.82, 2.24) is 14.8 Å². The summed E-state index contributed by atoms with van der Waals surface area (Å²) in [5.41, 5.74) is 0.636. The highest BCUT2D eigenvalue weighted by molar-refractivity contribution is 8.00. The van der Waals surface area contributed by atoms with Crippen LogP contribution in [0.2, 0.25) is 0 Å². The van der Waals surface area contributed by atoms with E-state index in [2.05, 4.69) is 22.1 Å². The number of benzene rings is 2. The second-order valence-electron chi connectivity index (χ2n) is 7.42. The number of amides is 1. The number of nitrogens with zero attached hydrogens (tertiary/aromatic N) is 3. The fourth-order valence-corrected chi connectivity index (χ4v) is 4.37. The predicted molar refractivity (Wildman–Crippen MR) is 122 cm³/mol. The lowest BCUT2D eigenvalue weighted by molar-refractivity contribution is -0.115. The van der Waals surface area contributed by atoms with Crippen LogP contribution in [0.5, 0.6) is 23.0 Å². The lowest BCUT2D eigenvalue weighted by Gasteiger charge is -2.26. The smallest absolute Gasteiger partial charge is 0.237 e. The first kappa shape index (κ1) is 21.2.